The molecule has 0 N–H and O–H groups in total. The molecule has 20 heavy (non-hydrogen) atoms. The summed E-state index contributed by atoms with van der Waals surface area (Å²) >= 11 is 1.08. The number of aryl methyl sites for hydroxylation is 1. The normalized spacial score (nSPS) is 10.7. The van der Waals surface area contributed by atoms with E-state index < -0.39 is 23.4 Å². The zero-order valence-corrected chi connectivity index (χ0v) is 11.5. The molecule has 0 aliphatic heterocycles. The van der Waals surface area contributed by atoms with Gasteiger partial charge in [-0.15, -0.1) is 11.3 Å². The van der Waals surface area contributed by atoms with Crippen LogP contribution in [0.5, 0.6) is 0 Å². The molecule has 0 saturated heterocycles. The maximum absolute atomic E-state index is 13.2. The Labute approximate surface area is 117 Å². The summed E-state index contributed by atoms with van der Waals surface area (Å²) in [6, 6.07) is 1.68. The highest BCUT2D eigenvalue weighted by Gasteiger charge is 2.19. The summed E-state index contributed by atoms with van der Waals surface area (Å²) in [5, 5.41) is 0.225. The molecule has 0 radical (unpaired) electrons. The number of thiazole rings is 1. The number of aromatic nitrogens is 1. The fourth-order valence-corrected chi connectivity index (χ4v) is 2.48. The second-order valence-corrected chi connectivity index (χ2v) is 5.10. The molecule has 2 aromatic rings. The quantitative estimate of drug-likeness (QED) is 0.641. The number of ether oxygens (including phenoxy) is 1. The molecular weight excluding hydrogens is 291 g/mol. The minimum absolute atomic E-state index is 0.0741. The third kappa shape index (κ3) is 2.67. The lowest BCUT2D eigenvalue weighted by Gasteiger charge is -2.00. The van der Waals surface area contributed by atoms with E-state index in [9.17, 15) is 18.0 Å². The first kappa shape index (κ1) is 14.5. The van der Waals surface area contributed by atoms with E-state index in [1.807, 2.05) is 0 Å². The Hall–Kier alpha value is -1.89. The molecule has 0 aliphatic rings. The molecule has 0 atom stereocenters. The molecule has 0 spiro atoms. The molecule has 0 aliphatic carbocycles. The summed E-state index contributed by atoms with van der Waals surface area (Å²) in [6.45, 7) is 3.50. The Balaban J connectivity index is 2.44. The fourth-order valence-electron chi connectivity index (χ4n) is 1.59. The van der Waals surface area contributed by atoms with Gasteiger partial charge >= 0.3 is 5.97 Å². The van der Waals surface area contributed by atoms with Crippen molar-refractivity contribution < 1.29 is 22.7 Å². The number of nitrogens with zero attached hydrogens (tertiary/aromatic N) is 1. The molecule has 0 unspecified atom stereocenters. The predicted molar refractivity (Wildman–Crippen MR) is 68.1 cm³/mol. The first-order valence-corrected chi connectivity index (χ1v) is 6.55. The van der Waals surface area contributed by atoms with Gasteiger partial charge in [0.15, 0.2) is 23.1 Å². The van der Waals surface area contributed by atoms with Crippen LogP contribution in [0.3, 0.4) is 0 Å². The van der Waals surface area contributed by atoms with Gasteiger partial charge in [0.1, 0.15) is 5.01 Å². The Kier molecular flexibility index (Phi) is 4.08. The van der Waals surface area contributed by atoms with Crippen molar-refractivity contribution in [2.75, 3.05) is 6.61 Å². The lowest BCUT2D eigenvalue weighted by atomic mass is 10.2. The van der Waals surface area contributed by atoms with Gasteiger partial charge in [-0.2, -0.15) is 0 Å². The van der Waals surface area contributed by atoms with Gasteiger partial charge in [-0.3, -0.25) is 0 Å². The molecule has 0 bridgehead atoms. The van der Waals surface area contributed by atoms with Crippen LogP contribution in [-0.4, -0.2) is 17.6 Å². The first-order valence-electron chi connectivity index (χ1n) is 5.73. The summed E-state index contributed by atoms with van der Waals surface area (Å²) in [5.41, 5.74) is 0.169. The van der Waals surface area contributed by atoms with Crippen molar-refractivity contribution in [3.05, 3.63) is 40.2 Å². The highest BCUT2D eigenvalue weighted by molar-refractivity contribution is 7.15. The van der Waals surface area contributed by atoms with Crippen LogP contribution in [0.2, 0.25) is 0 Å². The van der Waals surface area contributed by atoms with Crippen LogP contribution in [0.25, 0.3) is 10.6 Å². The van der Waals surface area contributed by atoms with Crippen LogP contribution in [0.15, 0.2) is 12.1 Å². The number of carbonyl (C=O) groups excluding carboxylic acids is 1. The van der Waals surface area contributed by atoms with Gasteiger partial charge in [0.2, 0.25) is 0 Å². The number of hydrogen-bond acceptors (Lipinski definition) is 4. The van der Waals surface area contributed by atoms with Gasteiger partial charge in [0.05, 0.1) is 6.61 Å². The molecule has 3 nitrogen and oxygen atoms in total. The van der Waals surface area contributed by atoms with Crippen LogP contribution < -0.4 is 0 Å². The Morgan fingerprint density at radius 2 is 1.90 bits per heavy atom. The minimum Gasteiger partial charge on any atom is -0.461 e. The smallest absolute Gasteiger partial charge is 0.358 e. The van der Waals surface area contributed by atoms with Crippen molar-refractivity contribution in [1.29, 1.82) is 0 Å². The maximum Gasteiger partial charge on any atom is 0.358 e. The molecule has 0 fully saturated rings. The van der Waals surface area contributed by atoms with Gasteiger partial charge in [0.25, 0.3) is 0 Å². The first-order chi connectivity index (χ1) is 9.43. The highest BCUT2D eigenvalue weighted by Crippen LogP contribution is 2.30. The van der Waals surface area contributed by atoms with Crippen molar-refractivity contribution in [2.24, 2.45) is 0 Å². The number of carbonyl (C=O) groups is 1. The van der Waals surface area contributed by atoms with E-state index in [0.29, 0.717) is 4.88 Å². The SMILES string of the molecule is CCOC(=O)c1nc(-c2cc(F)c(F)c(F)c2)sc1C. The predicted octanol–water partition coefficient (Wildman–Crippen LogP) is 3.71. The number of benzene rings is 1. The molecular formula is C13H10F3NO2S. The van der Waals surface area contributed by atoms with Crippen LogP contribution in [0.4, 0.5) is 13.2 Å². The van der Waals surface area contributed by atoms with Gasteiger partial charge in [-0.05, 0) is 26.0 Å². The zero-order valence-electron chi connectivity index (χ0n) is 10.7. The van der Waals surface area contributed by atoms with Gasteiger partial charge in [-0.1, -0.05) is 0 Å². The standard InChI is InChI=1S/C13H10F3NO2S/c1-3-19-13(18)11-6(2)20-12(17-11)7-4-8(14)10(16)9(15)5-7/h4-5H,3H2,1-2H3. The van der Waals surface area contributed by atoms with Crippen LogP contribution in [0.1, 0.15) is 22.3 Å². The average molecular weight is 301 g/mol. The number of halogens is 3. The van der Waals surface area contributed by atoms with E-state index >= 15 is 0 Å². The van der Waals surface area contributed by atoms with E-state index in [4.69, 9.17) is 4.74 Å². The number of rotatable bonds is 3. The fraction of sp³-hybridized carbons (Fsp3) is 0.231. The van der Waals surface area contributed by atoms with E-state index in [1.165, 1.54) is 0 Å². The summed E-state index contributed by atoms with van der Waals surface area (Å²) in [4.78, 5) is 16.2. The average Bonchev–Trinajstić information content (AvgIpc) is 2.78. The number of hydrogen-bond donors (Lipinski definition) is 0. The van der Waals surface area contributed by atoms with Crippen LogP contribution in [-0.2, 0) is 4.74 Å². The lowest BCUT2D eigenvalue weighted by molar-refractivity contribution is 0.0519. The van der Waals surface area contributed by atoms with E-state index in [1.54, 1.807) is 13.8 Å². The third-order valence-corrected chi connectivity index (χ3v) is 3.52. The summed E-state index contributed by atoms with van der Waals surface area (Å²) in [6.07, 6.45) is 0. The molecule has 0 amide bonds. The second kappa shape index (κ2) is 5.62. The van der Waals surface area contributed by atoms with E-state index in [-0.39, 0.29) is 22.9 Å². The second-order valence-electron chi connectivity index (χ2n) is 3.90. The van der Waals surface area contributed by atoms with Crippen molar-refractivity contribution in [1.82, 2.24) is 4.98 Å². The summed E-state index contributed by atoms with van der Waals surface area (Å²) < 4.78 is 44.1. The lowest BCUT2D eigenvalue weighted by Crippen LogP contribution is -2.06. The van der Waals surface area contributed by atoms with Crippen molar-refractivity contribution in [2.45, 2.75) is 13.8 Å². The van der Waals surface area contributed by atoms with Crippen molar-refractivity contribution in [3.63, 3.8) is 0 Å². The number of esters is 1. The van der Waals surface area contributed by atoms with Crippen LogP contribution in [0, 0.1) is 24.4 Å². The maximum atomic E-state index is 13.2. The Bertz CT molecular complexity index is 647. The monoisotopic (exact) mass is 301 g/mol. The summed E-state index contributed by atoms with van der Waals surface area (Å²) in [7, 11) is 0. The van der Waals surface area contributed by atoms with Gasteiger partial charge in [-0.25, -0.2) is 22.9 Å². The minimum atomic E-state index is -1.53. The molecule has 2 rings (SSSR count). The van der Waals surface area contributed by atoms with Crippen LogP contribution >= 0.6 is 11.3 Å². The van der Waals surface area contributed by atoms with Crippen molar-refractivity contribution in [3.8, 4) is 10.6 Å². The van der Waals surface area contributed by atoms with Gasteiger partial charge in [0, 0.05) is 10.4 Å². The molecule has 106 valence electrons. The van der Waals surface area contributed by atoms with Gasteiger partial charge < -0.3 is 4.74 Å². The largest absolute Gasteiger partial charge is 0.461 e. The molecule has 1 aromatic heterocycles. The van der Waals surface area contributed by atoms with E-state index in [0.717, 1.165) is 23.5 Å². The summed E-state index contributed by atoms with van der Waals surface area (Å²) in [5.74, 6) is -4.74. The molecule has 1 heterocycles. The highest BCUT2D eigenvalue weighted by atomic mass is 32.1. The molecule has 7 heteroatoms. The topological polar surface area (TPSA) is 39.2 Å². The Morgan fingerprint density at radius 3 is 2.45 bits per heavy atom. The third-order valence-electron chi connectivity index (χ3n) is 2.50. The molecule has 0 saturated carbocycles. The van der Waals surface area contributed by atoms with Crippen molar-refractivity contribution >= 4 is 17.3 Å². The van der Waals surface area contributed by atoms with E-state index in [2.05, 4.69) is 4.98 Å². The Morgan fingerprint density at radius 1 is 1.30 bits per heavy atom. The zero-order chi connectivity index (χ0) is 14.9. The molecule has 1 aromatic carbocycles.